The number of aryl methyl sites for hydroxylation is 1. The van der Waals surface area contributed by atoms with Gasteiger partial charge in [0.25, 0.3) is 0 Å². The van der Waals surface area contributed by atoms with E-state index in [2.05, 4.69) is 80.6 Å². The third-order valence-electron chi connectivity index (χ3n) is 6.56. The highest BCUT2D eigenvalue weighted by Gasteiger charge is 2.33. The Kier molecular flexibility index (Phi) is 6.03. The number of hydrogen-bond donors (Lipinski definition) is 0. The molecule has 0 aliphatic carbocycles. The van der Waals surface area contributed by atoms with E-state index in [1.807, 2.05) is 24.8 Å². The molecule has 3 heterocycles. The van der Waals surface area contributed by atoms with Crippen molar-refractivity contribution in [3.8, 4) is 0 Å². The van der Waals surface area contributed by atoms with Gasteiger partial charge in [-0.25, -0.2) is 9.97 Å². The number of aromatic nitrogens is 5. The Hall–Kier alpha value is -2.30. The Morgan fingerprint density at radius 3 is 1.81 bits per heavy atom. The van der Waals surface area contributed by atoms with Crippen LogP contribution < -0.4 is 0 Å². The van der Waals surface area contributed by atoms with Crippen molar-refractivity contribution in [2.45, 2.75) is 111 Å². The lowest BCUT2D eigenvalue weighted by Gasteiger charge is -2.33. The van der Waals surface area contributed by atoms with Crippen molar-refractivity contribution in [2.75, 3.05) is 0 Å². The molecule has 0 unspecified atom stereocenters. The fraction of sp³-hybridized carbons (Fsp3) is 0.630. The third-order valence-corrected chi connectivity index (χ3v) is 6.56. The molecule has 0 atom stereocenters. The number of imidazole rings is 1. The van der Waals surface area contributed by atoms with Crippen LogP contribution in [0.4, 0.5) is 0 Å². The summed E-state index contributed by atoms with van der Waals surface area (Å²) in [5.41, 5.74) is 5.23. The van der Waals surface area contributed by atoms with Crippen molar-refractivity contribution in [3.05, 3.63) is 53.3 Å². The zero-order valence-corrected chi connectivity index (χ0v) is 22.0. The summed E-state index contributed by atoms with van der Waals surface area (Å²) in [6.07, 6.45) is 9.83. The Labute approximate surface area is 194 Å². The predicted octanol–water partition coefficient (Wildman–Crippen LogP) is 6.46. The van der Waals surface area contributed by atoms with Gasteiger partial charge in [-0.15, -0.1) is 0 Å². The van der Waals surface area contributed by atoms with E-state index in [1.54, 1.807) is 0 Å². The number of fused-ring (bicyclic) bond motifs is 1. The number of nitrogens with zero attached hydrogens (tertiary/aromatic N) is 5. The summed E-state index contributed by atoms with van der Waals surface area (Å²) < 4.78 is 2.17. The molecule has 3 aromatic rings. The van der Waals surface area contributed by atoms with Crippen LogP contribution in [0.15, 0.2) is 24.8 Å². The van der Waals surface area contributed by atoms with Gasteiger partial charge in [0.05, 0.1) is 11.4 Å². The molecule has 5 nitrogen and oxygen atoms in total. The molecule has 0 aliphatic heterocycles. The van der Waals surface area contributed by atoms with Crippen LogP contribution in [0.3, 0.4) is 0 Å². The van der Waals surface area contributed by atoms with E-state index < -0.39 is 0 Å². The smallest absolute Gasteiger partial charge is 0.143 e. The summed E-state index contributed by atoms with van der Waals surface area (Å²) in [4.78, 5) is 19.3. The van der Waals surface area contributed by atoms with Gasteiger partial charge in [-0.3, -0.25) is 14.4 Å². The molecule has 0 amide bonds. The van der Waals surface area contributed by atoms with Crippen LogP contribution in [0, 0.1) is 6.92 Å². The van der Waals surface area contributed by atoms with Crippen molar-refractivity contribution in [1.82, 2.24) is 24.3 Å². The summed E-state index contributed by atoms with van der Waals surface area (Å²) in [7, 11) is 0. The summed E-state index contributed by atoms with van der Waals surface area (Å²) >= 11 is 0. The van der Waals surface area contributed by atoms with Gasteiger partial charge in [0.15, 0.2) is 0 Å². The van der Waals surface area contributed by atoms with E-state index >= 15 is 0 Å². The maximum absolute atomic E-state index is 5.05. The Balaban J connectivity index is 1.90. The van der Waals surface area contributed by atoms with Gasteiger partial charge in [0.2, 0.25) is 0 Å². The molecular formula is C27H41N5. The maximum Gasteiger partial charge on any atom is 0.143 e. The summed E-state index contributed by atoms with van der Waals surface area (Å²) in [6, 6.07) is 0. The molecular weight excluding hydrogens is 394 g/mol. The second kappa shape index (κ2) is 7.93. The fourth-order valence-corrected chi connectivity index (χ4v) is 4.35. The number of hydrogen-bond acceptors (Lipinski definition) is 4. The summed E-state index contributed by atoms with van der Waals surface area (Å²) in [5.74, 6) is 1.05. The van der Waals surface area contributed by atoms with Crippen LogP contribution in [0.5, 0.6) is 0 Å². The van der Waals surface area contributed by atoms with Crippen LogP contribution >= 0.6 is 0 Å². The summed E-state index contributed by atoms with van der Waals surface area (Å²) in [5, 5.41) is 0. The Morgan fingerprint density at radius 2 is 1.28 bits per heavy atom. The molecule has 0 spiro atoms. The molecule has 0 radical (unpaired) electrons. The average molecular weight is 436 g/mol. The van der Waals surface area contributed by atoms with Crippen LogP contribution in [-0.2, 0) is 21.7 Å². The van der Waals surface area contributed by atoms with Gasteiger partial charge in [-0.2, -0.15) is 0 Å². The quantitative estimate of drug-likeness (QED) is 0.461. The average Bonchev–Trinajstić information content (AvgIpc) is 3.13. The molecule has 32 heavy (non-hydrogen) atoms. The Bertz CT molecular complexity index is 1090. The molecule has 0 bridgehead atoms. The van der Waals surface area contributed by atoms with E-state index in [0.717, 1.165) is 41.4 Å². The van der Waals surface area contributed by atoms with E-state index in [0.29, 0.717) is 0 Å². The highest BCUT2D eigenvalue weighted by molar-refractivity contribution is 5.54. The SMILES string of the molecule is Cc1nc(C(C)(C)C)n2ccnc2c1C(C)(C)CCC(C)(C)c1cnc(C(C)(C)C)cn1. The van der Waals surface area contributed by atoms with Gasteiger partial charge in [-0.05, 0) is 25.2 Å². The summed E-state index contributed by atoms with van der Waals surface area (Å²) in [6.45, 7) is 24.4. The normalized spacial score (nSPS) is 13.7. The number of rotatable bonds is 5. The lowest BCUT2D eigenvalue weighted by atomic mass is 9.73. The standard InChI is InChI=1S/C27H41N5/c1-18-21(22-28-14-15-32(22)23(31-18)25(5,6)7)27(10,11)13-12-26(8,9)20-17-29-19(16-30-20)24(2,3)4/h14-17H,12-13H2,1-11H3. The van der Waals surface area contributed by atoms with Crippen LogP contribution in [0.1, 0.15) is 111 Å². The second-order valence-corrected chi connectivity index (χ2v) is 12.6. The largest absolute Gasteiger partial charge is 0.287 e. The van der Waals surface area contributed by atoms with Crippen LogP contribution in [0.2, 0.25) is 0 Å². The first kappa shape index (κ1) is 24.3. The molecule has 0 saturated heterocycles. The first-order chi connectivity index (χ1) is 14.5. The van der Waals surface area contributed by atoms with E-state index in [1.165, 1.54) is 5.56 Å². The lowest BCUT2D eigenvalue weighted by molar-refractivity contribution is 0.366. The molecule has 0 aromatic carbocycles. The van der Waals surface area contributed by atoms with E-state index in [4.69, 9.17) is 19.9 Å². The lowest BCUT2D eigenvalue weighted by Crippen LogP contribution is -2.28. The molecule has 3 aromatic heterocycles. The van der Waals surface area contributed by atoms with Gasteiger partial charge >= 0.3 is 0 Å². The van der Waals surface area contributed by atoms with Crippen molar-refractivity contribution in [3.63, 3.8) is 0 Å². The molecule has 5 heteroatoms. The minimum Gasteiger partial charge on any atom is -0.287 e. The molecule has 0 aliphatic rings. The molecule has 0 fully saturated rings. The van der Waals surface area contributed by atoms with Gasteiger partial charge < -0.3 is 0 Å². The molecule has 174 valence electrons. The van der Waals surface area contributed by atoms with E-state index in [-0.39, 0.29) is 21.7 Å². The monoisotopic (exact) mass is 435 g/mol. The zero-order chi connectivity index (χ0) is 24.1. The third kappa shape index (κ3) is 4.72. The first-order valence-corrected chi connectivity index (χ1v) is 11.7. The minimum atomic E-state index is -0.0733. The first-order valence-electron chi connectivity index (χ1n) is 11.7. The topological polar surface area (TPSA) is 56.0 Å². The zero-order valence-electron chi connectivity index (χ0n) is 22.0. The minimum absolute atomic E-state index is 0.0109. The second-order valence-electron chi connectivity index (χ2n) is 12.6. The molecule has 0 N–H and O–H groups in total. The Morgan fingerprint density at radius 1 is 0.719 bits per heavy atom. The van der Waals surface area contributed by atoms with Crippen LogP contribution in [-0.4, -0.2) is 24.3 Å². The predicted molar refractivity (Wildman–Crippen MR) is 132 cm³/mol. The van der Waals surface area contributed by atoms with Crippen LogP contribution in [0.25, 0.3) is 5.65 Å². The molecule has 3 rings (SSSR count). The highest BCUT2D eigenvalue weighted by atomic mass is 15.1. The van der Waals surface area contributed by atoms with E-state index in [9.17, 15) is 0 Å². The maximum atomic E-state index is 5.05. The highest BCUT2D eigenvalue weighted by Crippen LogP contribution is 2.39. The van der Waals surface area contributed by atoms with Crippen molar-refractivity contribution in [1.29, 1.82) is 0 Å². The molecule has 0 saturated carbocycles. The van der Waals surface area contributed by atoms with Crippen molar-refractivity contribution < 1.29 is 0 Å². The van der Waals surface area contributed by atoms with Gasteiger partial charge in [-0.1, -0.05) is 69.2 Å². The van der Waals surface area contributed by atoms with Crippen molar-refractivity contribution >= 4 is 5.65 Å². The van der Waals surface area contributed by atoms with Crippen molar-refractivity contribution in [2.24, 2.45) is 0 Å². The fourth-order valence-electron chi connectivity index (χ4n) is 4.35. The van der Waals surface area contributed by atoms with Gasteiger partial charge in [0.1, 0.15) is 11.5 Å². The van der Waals surface area contributed by atoms with Gasteiger partial charge in [0, 0.05) is 52.3 Å².